The molecule has 0 fully saturated rings. The molecule has 0 aromatic heterocycles. The quantitative estimate of drug-likeness (QED) is 0.383. The molecule has 0 aliphatic heterocycles. The van der Waals surface area contributed by atoms with Crippen molar-refractivity contribution in [3.63, 3.8) is 0 Å². The van der Waals surface area contributed by atoms with Gasteiger partial charge < -0.3 is 5.73 Å². The van der Waals surface area contributed by atoms with Crippen LogP contribution in [0.1, 0.15) is 6.92 Å². The summed E-state index contributed by atoms with van der Waals surface area (Å²) < 4.78 is 25.4. The van der Waals surface area contributed by atoms with Gasteiger partial charge in [-0.25, -0.2) is 0 Å². The molecule has 0 rings (SSSR count). The van der Waals surface area contributed by atoms with E-state index in [0.29, 0.717) is 0 Å². The van der Waals surface area contributed by atoms with Crippen LogP contribution in [0.3, 0.4) is 0 Å². The van der Waals surface area contributed by atoms with Crippen molar-refractivity contribution in [2.75, 3.05) is 14.1 Å². The minimum atomic E-state index is -3.48. The van der Waals surface area contributed by atoms with Crippen molar-refractivity contribution >= 4 is 16.0 Å². The molecule has 0 aromatic carbocycles. The van der Waals surface area contributed by atoms with Gasteiger partial charge in [-0.15, -0.1) is 0 Å². The third-order valence-electron chi connectivity index (χ3n) is 1.27. The van der Waals surface area contributed by atoms with E-state index in [1.807, 2.05) is 0 Å². The Hall–Kier alpha value is -0.660. The maximum atomic E-state index is 11.1. The molecule has 1 unspecified atom stereocenters. The predicted octanol–water partition coefficient (Wildman–Crippen LogP) is -1.29. The number of amidine groups is 1. The predicted molar refractivity (Wildman–Crippen MR) is 47.1 cm³/mol. The number of hydrogen-bond acceptors (Lipinski definition) is 3. The van der Waals surface area contributed by atoms with Crippen molar-refractivity contribution in [1.29, 1.82) is 5.41 Å². The second kappa shape index (κ2) is 3.83. The summed E-state index contributed by atoms with van der Waals surface area (Å²) in [5, 5.41) is 6.95. The van der Waals surface area contributed by atoms with Crippen LogP contribution in [0.15, 0.2) is 0 Å². The Labute approximate surface area is 72.4 Å². The Morgan fingerprint density at radius 2 is 2.00 bits per heavy atom. The maximum absolute atomic E-state index is 11.1. The summed E-state index contributed by atoms with van der Waals surface area (Å²) in [4.78, 5) is 0. The van der Waals surface area contributed by atoms with E-state index >= 15 is 0 Å². The monoisotopic (exact) mass is 194 g/mol. The first-order valence-electron chi connectivity index (χ1n) is 3.31. The summed E-state index contributed by atoms with van der Waals surface area (Å²) in [6.07, 6.45) is 0. The van der Waals surface area contributed by atoms with Gasteiger partial charge in [0, 0.05) is 14.1 Å². The van der Waals surface area contributed by atoms with Gasteiger partial charge in [-0.05, 0) is 6.92 Å². The number of nitrogens with zero attached hydrogens (tertiary/aromatic N) is 1. The molecule has 0 bridgehead atoms. The molecule has 0 saturated carbocycles. The van der Waals surface area contributed by atoms with Crippen LogP contribution in [0, 0.1) is 5.41 Å². The molecule has 0 radical (unpaired) electrons. The van der Waals surface area contributed by atoms with E-state index in [4.69, 9.17) is 11.1 Å². The van der Waals surface area contributed by atoms with Crippen LogP contribution in [0.2, 0.25) is 0 Å². The lowest BCUT2D eigenvalue weighted by atomic mass is 10.3. The van der Waals surface area contributed by atoms with Crippen LogP contribution in [0.5, 0.6) is 0 Å². The van der Waals surface area contributed by atoms with Gasteiger partial charge in [0.25, 0.3) is 10.2 Å². The Balaban J connectivity index is 4.37. The van der Waals surface area contributed by atoms with Gasteiger partial charge in [0.05, 0.1) is 6.04 Å². The number of nitrogens with one attached hydrogen (secondary N) is 2. The Morgan fingerprint density at radius 3 is 2.25 bits per heavy atom. The molecule has 7 heteroatoms. The standard InChI is InChI=1S/C5H14N4O2S/c1-4(5(6)7)8-12(10,11)9(2)3/h4,8H,1-3H3,(H3,6,7). The molecule has 0 aromatic rings. The Bertz CT molecular complexity index is 259. The summed E-state index contributed by atoms with van der Waals surface area (Å²) in [6.45, 7) is 1.50. The van der Waals surface area contributed by atoms with E-state index in [1.54, 1.807) is 0 Å². The zero-order valence-electron chi connectivity index (χ0n) is 7.33. The molecule has 4 N–H and O–H groups in total. The summed E-state index contributed by atoms with van der Waals surface area (Å²) in [7, 11) is -0.684. The molecular weight excluding hydrogens is 180 g/mol. The number of rotatable bonds is 4. The SMILES string of the molecule is CC(NS(=O)(=O)N(C)C)C(=N)N. The van der Waals surface area contributed by atoms with Crippen molar-refractivity contribution in [2.24, 2.45) is 5.73 Å². The highest BCUT2D eigenvalue weighted by molar-refractivity contribution is 7.87. The van der Waals surface area contributed by atoms with E-state index in [1.165, 1.54) is 21.0 Å². The topological polar surface area (TPSA) is 99.3 Å². The van der Waals surface area contributed by atoms with Crippen LogP contribution >= 0.6 is 0 Å². The second-order valence-corrected chi connectivity index (χ2v) is 4.50. The molecule has 6 nitrogen and oxygen atoms in total. The molecule has 72 valence electrons. The first-order valence-corrected chi connectivity index (χ1v) is 4.75. The number of hydrogen-bond donors (Lipinski definition) is 3. The van der Waals surface area contributed by atoms with Crippen molar-refractivity contribution in [3.8, 4) is 0 Å². The van der Waals surface area contributed by atoms with Crippen LogP contribution in [-0.4, -0.2) is 38.7 Å². The summed E-state index contributed by atoms with van der Waals surface area (Å²) in [5.41, 5.74) is 5.08. The van der Waals surface area contributed by atoms with E-state index in [9.17, 15) is 8.42 Å². The summed E-state index contributed by atoms with van der Waals surface area (Å²) >= 11 is 0. The fourth-order valence-corrected chi connectivity index (χ4v) is 1.18. The van der Waals surface area contributed by atoms with E-state index < -0.39 is 16.3 Å². The minimum Gasteiger partial charge on any atom is -0.386 e. The molecule has 0 spiro atoms. The minimum absolute atomic E-state index is 0.208. The fraction of sp³-hybridized carbons (Fsp3) is 0.800. The van der Waals surface area contributed by atoms with Gasteiger partial charge >= 0.3 is 0 Å². The molecule has 12 heavy (non-hydrogen) atoms. The van der Waals surface area contributed by atoms with Gasteiger partial charge in [-0.2, -0.15) is 17.4 Å². The smallest absolute Gasteiger partial charge is 0.279 e. The zero-order valence-corrected chi connectivity index (χ0v) is 8.14. The van der Waals surface area contributed by atoms with Crippen molar-refractivity contribution < 1.29 is 8.42 Å². The van der Waals surface area contributed by atoms with Crippen LogP contribution in [-0.2, 0) is 10.2 Å². The highest BCUT2D eigenvalue weighted by atomic mass is 32.2. The number of nitrogens with two attached hydrogens (primary N) is 1. The molecule has 0 aliphatic rings. The van der Waals surface area contributed by atoms with Gasteiger partial charge in [-0.3, -0.25) is 5.41 Å². The average Bonchev–Trinajstić information content (AvgIpc) is 1.85. The zero-order chi connectivity index (χ0) is 9.94. The van der Waals surface area contributed by atoms with E-state index in [2.05, 4.69) is 4.72 Å². The van der Waals surface area contributed by atoms with Gasteiger partial charge in [-0.1, -0.05) is 0 Å². The first kappa shape index (κ1) is 11.3. The first-order chi connectivity index (χ1) is 5.27. The summed E-state index contributed by atoms with van der Waals surface area (Å²) in [6, 6.07) is -0.669. The van der Waals surface area contributed by atoms with Crippen LogP contribution < -0.4 is 10.5 Å². The van der Waals surface area contributed by atoms with E-state index in [0.717, 1.165) is 4.31 Å². The molecule has 0 heterocycles. The average molecular weight is 194 g/mol. The van der Waals surface area contributed by atoms with E-state index in [-0.39, 0.29) is 5.84 Å². The normalized spacial score (nSPS) is 14.7. The molecule has 0 aliphatic carbocycles. The highest BCUT2D eigenvalue weighted by Crippen LogP contribution is 1.91. The molecule has 0 amide bonds. The van der Waals surface area contributed by atoms with Gasteiger partial charge in [0.1, 0.15) is 5.84 Å². The van der Waals surface area contributed by atoms with Gasteiger partial charge in [0.2, 0.25) is 0 Å². The second-order valence-electron chi connectivity index (χ2n) is 2.58. The largest absolute Gasteiger partial charge is 0.386 e. The van der Waals surface area contributed by atoms with Gasteiger partial charge in [0.15, 0.2) is 0 Å². The molecular formula is C5H14N4O2S. The lowest BCUT2D eigenvalue weighted by Crippen LogP contribution is -2.46. The lowest BCUT2D eigenvalue weighted by Gasteiger charge is -2.16. The Kier molecular flexibility index (Phi) is 3.62. The molecule has 1 atom stereocenters. The molecule has 0 saturated heterocycles. The fourth-order valence-electron chi connectivity index (χ4n) is 0.392. The summed E-state index contributed by atoms with van der Waals surface area (Å²) in [5.74, 6) is -0.208. The van der Waals surface area contributed by atoms with Crippen LogP contribution in [0.25, 0.3) is 0 Å². The van der Waals surface area contributed by atoms with Crippen molar-refractivity contribution in [2.45, 2.75) is 13.0 Å². The maximum Gasteiger partial charge on any atom is 0.279 e. The highest BCUT2D eigenvalue weighted by Gasteiger charge is 2.17. The third kappa shape index (κ3) is 3.16. The van der Waals surface area contributed by atoms with Crippen LogP contribution in [0.4, 0.5) is 0 Å². The lowest BCUT2D eigenvalue weighted by molar-refractivity contribution is 0.503. The third-order valence-corrected chi connectivity index (χ3v) is 2.89. The van der Waals surface area contributed by atoms with Crippen molar-refractivity contribution in [1.82, 2.24) is 9.03 Å². The Morgan fingerprint density at radius 1 is 1.58 bits per heavy atom. The van der Waals surface area contributed by atoms with Crippen molar-refractivity contribution in [3.05, 3.63) is 0 Å².